The van der Waals surface area contributed by atoms with Crippen LogP contribution in [0.2, 0.25) is 0 Å². The number of nitrogens with one attached hydrogen (secondary N) is 2. The van der Waals surface area contributed by atoms with Crippen molar-refractivity contribution in [2.24, 2.45) is 17.8 Å². The van der Waals surface area contributed by atoms with E-state index in [4.69, 9.17) is 9.84 Å². The second-order valence-corrected chi connectivity index (χ2v) is 9.88. The molecular weight excluding hydrogens is 444 g/mol. The van der Waals surface area contributed by atoms with Gasteiger partial charge in [-0.1, -0.05) is 68.8 Å². The standard InChI is InChI=1S/C28H34N2O5/c1-3-17(2)26(27(33)29-15-19-12-18(13-19)14-25(31)32)30-28(34)35-16-24-22-10-6-4-8-20(22)21-9-5-7-11-23(21)24/h4-11,17-19,24,26H,3,12-16H2,1-2H3,(H,29,33)(H,30,34)(H,31,32). The first-order chi connectivity index (χ1) is 16.9. The molecule has 0 aromatic heterocycles. The van der Waals surface area contributed by atoms with E-state index < -0.39 is 18.1 Å². The SMILES string of the molecule is CCC(C)C(NC(=O)OCC1c2ccccc2-c2ccccc21)C(=O)NCC1CC(CC(=O)O)C1. The van der Waals surface area contributed by atoms with Gasteiger partial charge in [-0.15, -0.1) is 0 Å². The number of carbonyl (C=O) groups is 3. The van der Waals surface area contributed by atoms with Crippen LogP contribution in [0.4, 0.5) is 4.79 Å². The normalized spacial score (nSPS) is 20.1. The second-order valence-electron chi connectivity index (χ2n) is 9.88. The Labute approximate surface area is 206 Å². The number of carboxylic acid groups (broad SMARTS) is 1. The molecule has 0 spiro atoms. The van der Waals surface area contributed by atoms with Gasteiger partial charge in [0.2, 0.25) is 5.91 Å². The number of carbonyl (C=O) groups excluding carboxylic acids is 2. The maximum absolute atomic E-state index is 12.9. The topological polar surface area (TPSA) is 105 Å². The first-order valence-electron chi connectivity index (χ1n) is 12.5. The molecule has 0 heterocycles. The Kier molecular flexibility index (Phi) is 7.73. The first-order valence-corrected chi connectivity index (χ1v) is 12.5. The van der Waals surface area contributed by atoms with Crippen LogP contribution in [0.1, 0.15) is 56.6 Å². The number of hydrogen-bond donors (Lipinski definition) is 3. The molecule has 7 nitrogen and oxygen atoms in total. The van der Waals surface area contributed by atoms with Gasteiger partial charge >= 0.3 is 12.1 Å². The van der Waals surface area contributed by atoms with Crippen LogP contribution in [-0.2, 0) is 14.3 Å². The van der Waals surface area contributed by atoms with E-state index >= 15 is 0 Å². The molecule has 2 aliphatic carbocycles. The Balaban J connectivity index is 1.31. The maximum atomic E-state index is 12.9. The number of ether oxygens (including phenoxy) is 1. The molecule has 2 aromatic rings. The van der Waals surface area contributed by atoms with Crippen LogP contribution in [0.3, 0.4) is 0 Å². The van der Waals surface area contributed by atoms with Crippen LogP contribution in [0.25, 0.3) is 11.1 Å². The quantitative estimate of drug-likeness (QED) is 0.464. The smallest absolute Gasteiger partial charge is 0.407 e. The summed E-state index contributed by atoms with van der Waals surface area (Å²) < 4.78 is 5.64. The third-order valence-corrected chi connectivity index (χ3v) is 7.47. The summed E-state index contributed by atoms with van der Waals surface area (Å²) in [6, 6.07) is 15.6. The fourth-order valence-electron chi connectivity index (χ4n) is 5.28. The highest BCUT2D eigenvalue weighted by Crippen LogP contribution is 2.44. The summed E-state index contributed by atoms with van der Waals surface area (Å²) in [7, 11) is 0. The zero-order chi connectivity index (χ0) is 24.9. The molecule has 2 aromatic carbocycles. The highest BCUT2D eigenvalue weighted by molar-refractivity contribution is 5.86. The van der Waals surface area contributed by atoms with Crippen LogP contribution >= 0.6 is 0 Å². The van der Waals surface area contributed by atoms with Crippen LogP contribution in [0.5, 0.6) is 0 Å². The van der Waals surface area contributed by atoms with Gasteiger partial charge in [0.25, 0.3) is 0 Å². The number of aliphatic carboxylic acids is 1. The fourth-order valence-corrected chi connectivity index (χ4v) is 5.28. The van der Waals surface area contributed by atoms with Crippen molar-refractivity contribution in [3.63, 3.8) is 0 Å². The number of amides is 2. The van der Waals surface area contributed by atoms with Crippen molar-refractivity contribution >= 4 is 18.0 Å². The van der Waals surface area contributed by atoms with Crippen molar-refractivity contribution in [1.29, 1.82) is 0 Å². The van der Waals surface area contributed by atoms with Gasteiger partial charge in [0.15, 0.2) is 0 Å². The average Bonchev–Trinajstić information content (AvgIpc) is 3.15. The maximum Gasteiger partial charge on any atom is 0.407 e. The van der Waals surface area contributed by atoms with Crippen LogP contribution in [-0.4, -0.2) is 42.3 Å². The second kappa shape index (κ2) is 10.9. The van der Waals surface area contributed by atoms with Crippen molar-refractivity contribution in [1.82, 2.24) is 10.6 Å². The van der Waals surface area contributed by atoms with E-state index in [0.29, 0.717) is 6.54 Å². The summed E-state index contributed by atoms with van der Waals surface area (Å²) >= 11 is 0. The molecule has 0 radical (unpaired) electrons. The van der Waals surface area contributed by atoms with Crippen LogP contribution < -0.4 is 10.6 Å². The molecule has 0 saturated heterocycles. The molecule has 7 heteroatoms. The van der Waals surface area contributed by atoms with Gasteiger partial charge in [0.1, 0.15) is 12.6 Å². The van der Waals surface area contributed by atoms with E-state index in [1.165, 1.54) is 0 Å². The summed E-state index contributed by atoms with van der Waals surface area (Å²) in [6.45, 7) is 4.60. The molecule has 2 unspecified atom stereocenters. The predicted octanol–water partition coefficient (Wildman–Crippen LogP) is 4.56. The molecule has 2 aliphatic rings. The van der Waals surface area contributed by atoms with Gasteiger partial charge in [-0.05, 0) is 52.8 Å². The van der Waals surface area contributed by atoms with Crippen molar-refractivity contribution in [3.05, 3.63) is 59.7 Å². The summed E-state index contributed by atoms with van der Waals surface area (Å²) in [5.74, 6) is -0.622. The van der Waals surface area contributed by atoms with Crippen LogP contribution in [0.15, 0.2) is 48.5 Å². The largest absolute Gasteiger partial charge is 0.481 e. The van der Waals surface area contributed by atoms with Gasteiger partial charge in [-0.3, -0.25) is 9.59 Å². The van der Waals surface area contributed by atoms with Gasteiger partial charge in [0, 0.05) is 18.9 Å². The molecule has 2 amide bonds. The van der Waals surface area contributed by atoms with E-state index in [2.05, 4.69) is 34.9 Å². The Bertz CT molecular complexity index is 1030. The molecule has 35 heavy (non-hydrogen) atoms. The summed E-state index contributed by atoms with van der Waals surface area (Å²) in [5, 5.41) is 14.6. The third-order valence-electron chi connectivity index (χ3n) is 7.47. The zero-order valence-electron chi connectivity index (χ0n) is 20.3. The highest BCUT2D eigenvalue weighted by atomic mass is 16.5. The average molecular weight is 479 g/mol. The van der Waals surface area contributed by atoms with Gasteiger partial charge in [-0.2, -0.15) is 0 Å². The minimum Gasteiger partial charge on any atom is -0.481 e. The fraction of sp³-hybridized carbons (Fsp3) is 0.464. The number of rotatable bonds is 10. The van der Waals surface area contributed by atoms with Gasteiger partial charge < -0.3 is 20.5 Å². The van der Waals surface area contributed by atoms with E-state index in [9.17, 15) is 14.4 Å². The molecule has 2 atom stereocenters. The van der Waals surface area contributed by atoms with Gasteiger partial charge in [0.05, 0.1) is 0 Å². The molecular formula is C28H34N2O5. The Morgan fingerprint density at radius 3 is 2.17 bits per heavy atom. The molecule has 0 aliphatic heterocycles. The Hall–Kier alpha value is -3.35. The Morgan fingerprint density at radius 2 is 1.60 bits per heavy atom. The predicted molar refractivity (Wildman–Crippen MR) is 133 cm³/mol. The van der Waals surface area contributed by atoms with E-state index in [1.807, 2.05) is 38.1 Å². The molecule has 0 bridgehead atoms. The van der Waals surface area contributed by atoms with E-state index in [0.717, 1.165) is 41.5 Å². The lowest BCUT2D eigenvalue weighted by Crippen LogP contribution is -2.51. The molecule has 3 N–H and O–H groups in total. The first kappa shape index (κ1) is 24.8. The van der Waals surface area contributed by atoms with Crippen LogP contribution in [0, 0.1) is 17.8 Å². The number of carboxylic acids is 1. The minimum atomic E-state index is -0.776. The summed E-state index contributed by atoms with van der Waals surface area (Å²) in [4.78, 5) is 36.4. The van der Waals surface area contributed by atoms with E-state index in [-0.39, 0.29) is 42.6 Å². The number of alkyl carbamates (subject to hydrolysis) is 1. The highest BCUT2D eigenvalue weighted by Gasteiger charge is 2.33. The molecule has 1 fully saturated rings. The monoisotopic (exact) mass is 478 g/mol. The van der Waals surface area contributed by atoms with Crippen molar-refractivity contribution in [2.75, 3.05) is 13.2 Å². The number of benzene rings is 2. The molecule has 1 saturated carbocycles. The molecule has 4 rings (SSSR count). The third kappa shape index (κ3) is 5.66. The van der Waals surface area contributed by atoms with Crippen molar-refractivity contribution in [2.45, 2.75) is 51.5 Å². The molecule has 186 valence electrons. The summed E-state index contributed by atoms with van der Waals surface area (Å²) in [5.41, 5.74) is 4.60. The van der Waals surface area contributed by atoms with Crippen molar-refractivity contribution < 1.29 is 24.2 Å². The van der Waals surface area contributed by atoms with E-state index in [1.54, 1.807) is 0 Å². The summed E-state index contributed by atoms with van der Waals surface area (Å²) in [6.07, 6.45) is 1.92. The minimum absolute atomic E-state index is 0.0404. The lowest BCUT2D eigenvalue weighted by molar-refractivity contribution is -0.139. The van der Waals surface area contributed by atoms with Gasteiger partial charge in [-0.25, -0.2) is 4.79 Å². The number of fused-ring (bicyclic) bond motifs is 3. The number of hydrogen-bond acceptors (Lipinski definition) is 4. The Morgan fingerprint density at radius 1 is 1.00 bits per heavy atom. The van der Waals surface area contributed by atoms with Crippen molar-refractivity contribution in [3.8, 4) is 11.1 Å². The lowest BCUT2D eigenvalue weighted by atomic mass is 9.73. The zero-order valence-corrected chi connectivity index (χ0v) is 20.3. The lowest BCUT2D eigenvalue weighted by Gasteiger charge is -2.35.